The van der Waals surface area contributed by atoms with Gasteiger partial charge in [0.25, 0.3) is 0 Å². The van der Waals surface area contributed by atoms with Gasteiger partial charge in [-0.1, -0.05) is 29.8 Å². The number of carbonyl (C=O) groups is 3. The maximum absolute atomic E-state index is 12.9. The smallest absolute Gasteiger partial charge is 0.410 e. The van der Waals surface area contributed by atoms with Crippen molar-refractivity contribution in [2.45, 2.75) is 38.3 Å². The highest BCUT2D eigenvalue weighted by Gasteiger charge is 2.39. The molecule has 1 N–H and O–H groups in total. The Bertz CT molecular complexity index is 1240. The quantitative estimate of drug-likeness (QED) is 0.561. The molecule has 9 nitrogen and oxygen atoms in total. The average molecular weight is 496 g/mol. The Morgan fingerprint density at radius 2 is 1.74 bits per heavy atom. The molecule has 0 radical (unpaired) electrons. The van der Waals surface area contributed by atoms with Crippen LogP contribution in [-0.4, -0.2) is 68.7 Å². The Morgan fingerprint density at radius 3 is 2.51 bits per heavy atom. The molecule has 1 aromatic heterocycles. The number of ether oxygens (including phenoxy) is 1. The van der Waals surface area contributed by atoms with Crippen LogP contribution in [0.1, 0.15) is 30.4 Å². The van der Waals surface area contributed by atoms with E-state index in [1.54, 1.807) is 17.0 Å². The average Bonchev–Trinajstić information content (AvgIpc) is 3.50. The van der Waals surface area contributed by atoms with Gasteiger partial charge >= 0.3 is 6.09 Å². The molecule has 3 heterocycles. The fourth-order valence-electron chi connectivity index (χ4n) is 4.82. The number of likely N-dealkylation sites (tertiary alicyclic amines) is 2. The predicted molar refractivity (Wildman–Crippen MR) is 129 cm³/mol. The summed E-state index contributed by atoms with van der Waals surface area (Å²) in [6.07, 6.45) is 1.50. The molecular formula is C25H26ClN5O4. The number of carbonyl (C=O) groups excluding carboxylic acids is 3. The summed E-state index contributed by atoms with van der Waals surface area (Å²) >= 11 is 5.88. The molecule has 2 fully saturated rings. The van der Waals surface area contributed by atoms with Gasteiger partial charge in [-0.25, -0.2) is 4.79 Å². The molecule has 0 saturated carbocycles. The van der Waals surface area contributed by atoms with E-state index in [2.05, 4.69) is 15.4 Å². The molecule has 0 aliphatic carbocycles. The lowest BCUT2D eigenvalue weighted by molar-refractivity contribution is -0.130. The largest absolute Gasteiger partial charge is 0.445 e. The second-order valence-corrected chi connectivity index (χ2v) is 9.57. The first-order chi connectivity index (χ1) is 17.0. The molecule has 10 heteroatoms. The van der Waals surface area contributed by atoms with Crippen LogP contribution in [0.5, 0.6) is 0 Å². The molecule has 2 aliphatic heterocycles. The number of rotatable bonds is 6. The van der Waals surface area contributed by atoms with E-state index in [0.29, 0.717) is 37.5 Å². The number of H-pyrrole nitrogens is 1. The van der Waals surface area contributed by atoms with Crippen molar-refractivity contribution in [3.63, 3.8) is 0 Å². The number of hydrogen-bond acceptors (Lipinski definition) is 6. The lowest BCUT2D eigenvalue weighted by atomic mass is 9.96. The lowest BCUT2D eigenvalue weighted by Crippen LogP contribution is -2.47. The standard InChI is InChI=1S/C25H26ClN5O4/c26-19-4-1-16(2-5-19)15-35-25(34)30-9-7-20(8-10-30)31-14-18(13-24(31)33)23(32)12-17-3-6-21-22(11-17)28-29-27-21/h1-6,11,18,20H,7-10,12-15H2,(H,27,28,29). The maximum Gasteiger partial charge on any atom is 0.410 e. The van der Waals surface area contributed by atoms with E-state index in [1.807, 2.05) is 35.2 Å². The van der Waals surface area contributed by atoms with Crippen LogP contribution in [0.15, 0.2) is 42.5 Å². The summed E-state index contributed by atoms with van der Waals surface area (Å²) < 4.78 is 5.42. The topological polar surface area (TPSA) is 108 Å². The minimum absolute atomic E-state index is 0.0130. The van der Waals surface area contributed by atoms with Crippen molar-refractivity contribution in [2.24, 2.45) is 5.92 Å². The zero-order valence-corrected chi connectivity index (χ0v) is 19.9. The van der Waals surface area contributed by atoms with E-state index in [0.717, 1.165) is 22.2 Å². The number of ketones is 1. The van der Waals surface area contributed by atoms with Crippen LogP contribution < -0.4 is 0 Å². The second-order valence-electron chi connectivity index (χ2n) is 9.14. The van der Waals surface area contributed by atoms with Crippen LogP contribution in [-0.2, 0) is 27.4 Å². The third kappa shape index (κ3) is 5.30. The van der Waals surface area contributed by atoms with Gasteiger partial charge in [0.1, 0.15) is 23.4 Å². The molecular weight excluding hydrogens is 470 g/mol. The number of hydrogen-bond donors (Lipinski definition) is 1. The first kappa shape index (κ1) is 23.3. The Labute approximate surface area is 207 Å². The number of nitrogens with one attached hydrogen (secondary N) is 1. The molecule has 5 rings (SSSR count). The number of benzene rings is 2. The van der Waals surface area contributed by atoms with Gasteiger partial charge in [0.15, 0.2) is 0 Å². The van der Waals surface area contributed by atoms with Crippen molar-refractivity contribution in [2.75, 3.05) is 19.6 Å². The molecule has 1 atom stereocenters. The van der Waals surface area contributed by atoms with Crippen LogP contribution in [0.2, 0.25) is 5.02 Å². The fraction of sp³-hybridized carbons (Fsp3) is 0.400. The molecule has 1 unspecified atom stereocenters. The number of aromatic amines is 1. The third-order valence-corrected chi connectivity index (χ3v) is 7.06. The molecule has 2 aliphatic rings. The highest BCUT2D eigenvalue weighted by molar-refractivity contribution is 6.30. The molecule has 0 spiro atoms. The molecule has 0 bridgehead atoms. The van der Waals surface area contributed by atoms with Crippen molar-refractivity contribution in [1.29, 1.82) is 0 Å². The molecule has 2 aromatic carbocycles. The van der Waals surface area contributed by atoms with Gasteiger partial charge in [0.05, 0.1) is 0 Å². The summed E-state index contributed by atoms with van der Waals surface area (Å²) in [6.45, 7) is 1.66. The van der Waals surface area contributed by atoms with Crippen molar-refractivity contribution in [3.05, 3.63) is 58.6 Å². The van der Waals surface area contributed by atoms with E-state index in [-0.39, 0.29) is 49.2 Å². The van der Waals surface area contributed by atoms with Gasteiger partial charge in [-0.05, 0) is 48.2 Å². The normalized spacial score (nSPS) is 18.9. The van der Waals surface area contributed by atoms with Gasteiger partial charge in [0.2, 0.25) is 5.91 Å². The number of Topliss-reactive ketones (excluding diaryl/α,β-unsaturated/α-hetero) is 1. The predicted octanol–water partition coefficient (Wildman–Crippen LogP) is 3.37. The summed E-state index contributed by atoms with van der Waals surface area (Å²) in [7, 11) is 0. The Hall–Kier alpha value is -3.46. The summed E-state index contributed by atoms with van der Waals surface area (Å²) in [5.74, 6) is -0.233. The number of halogens is 1. The Morgan fingerprint density at radius 1 is 1.03 bits per heavy atom. The molecule has 182 valence electrons. The van der Waals surface area contributed by atoms with Crippen LogP contribution >= 0.6 is 11.6 Å². The lowest BCUT2D eigenvalue weighted by Gasteiger charge is -2.36. The van der Waals surface area contributed by atoms with E-state index >= 15 is 0 Å². The van der Waals surface area contributed by atoms with Gasteiger partial charge in [-0.15, -0.1) is 0 Å². The summed E-state index contributed by atoms with van der Waals surface area (Å²) in [6, 6.07) is 12.8. The van der Waals surface area contributed by atoms with Crippen molar-refractivity contribution in [1.82, 2.24) is 25.2 Å². The third-order valence-electron chi connectivity index (χ3n) is 6.81. The van der Waals surface area contributed by atoms with Crippen molar-refractivity contribution >= 4 is 40.4 Å². The Balaban J connectivity index is 1.10. The van der Waals surface area contributed by atoms with Crippen LogP contribution in [0.25, 0.3) is 11.0 Å². The minimum atomic E-state index is -0.358. The highest BCUT2D eigenvalue weighted by Crippen LogP contribution is 2.27. The zero-order chi connectivity index (χ0) is 24.4. The van der Waals surface area contributed by atoms with Gasteiger partial charge in [-0.2, -0.15) is 15.4 Å². The van der Waals surface area contributed by atoms with Crippen LogP contribution in [0.3, 0.4) is 0 Å². The fourth-order valence-corrected chi connectivity index (χ4v) is 4.94. The summed E-state index contributed by atoms with van der Waals surface area (Å²) in [4.78, 5) is 41.6. The summed E-state index contributed by atoms with van der Waals surface area (Å²) in [5.41, 5.74) is 3.21. The van der Waals surface area contributed by atoms with E-state index in [9.17, 15) is 14.4 Å². The number of amides is 2. The monoisotopic (exact) mass is 495 g/mol. The van der Waals surface area contributed by atoms with E-state index in [4.69, 9.17) is 16.3 Å². The molecule has 3 aromatic rings. The first-order valence-electron chi connectivity index (χ1n) is 11.7. The van der Waals surface area contributed by atoms with E-state index in [1.165, 1.54) is 0 Å². The Kier molecular flexibility index (Phi) is 6.68. The number of aromatic nitrogens is 3. The SMILES string of the molecule is O=C(Cc1ccc2n[nH]nc2c1)C1CC(=O)N(C2CCN(C(=O)OCc3ccc(Cl)cc3)CC2)C1. The molecule has 35 heavy (non-hydrogen) atoms. The maximum atomic E-state index is 12.9. The van der Waals surface area contributed by atoms with Gasteiger partial charge in [-0.3, -0.25) is 9.59 Å². The number of piperidine rings is 1. The van der Waals surface area contributed by atoms with Crippen molar-refractivity contribution in [3.8, 4) is 0 Å². The molecule has 2 amide bonds. The second kappa shape index (κ2) is 10.0. The van der Waals surface area contributed by atoms with Crippen LogP contribution in [0.4, 0.5) is 4.79 Å². The van der Waals surface area contributed by atoms with Gasteiger partial charge < -0.3 is 14.5 Å². The molecule has 2 saturated heterocycles. The van der Waals surface area contributed by atoms with E-state index < -0.39 is 0 Å². The summed E-state index contributed by atoms with van der Waals surface area (Å²) in [5, 5.41) is 11.3. The first-order valence-corrected chi connectivity index (χ1v) is 12.1. The number of nitrogens with zero attached hydrogens (tertiary/aromatic N) is 4. The number of fused-ring (bicyclic) bond motifs is 1. The highest BCUT2D eigenvalue weighted by atomic mass is 35.5. The van der Waals surface area contributed by atoms with Crippen LogP contribution in [0, 0.1) is 5.92 Å². The van der Waals surface area contributed by atoms with Crippen molar-refractivity contribution < 1.29 is 19.1 Å². The zero-order valence-electron chi connectivity index (χ0n) is 19.2. The minimum Gasteiger partial charge on any atom is -0.445 e. The van der Waals surface area contributed by atoms with Gasteiger partial charge in [0, 0.05) is 49.5 Å².